The van der Waals surface area contributed by atoms with Gasteiger partial charge in [-0.1, -0.05) is 12.1 Å². The van der Waals surface area contributed by atoms with Crippen LogP contribution in [0.2, 0.25) is 0 Å². The Morgan fingerprint density at radius 1 is 1.27 bits per heavy atom. The normalized spacial score (nSPS) is 21.0. The molecule has 1 aromatic rings. The Bertz CT molecular complexity index is 582. The number of rotatable bonds is 7. The number of aliphatic hydroxyl groups is 1. The van der Waals surface area contributed by atoms with Crippen LogP contribution in [0.4, 0.5) is 13.2 Å². The molecular formula is C18H26F3N3O2. The van der Waals surface area contributed by atoms with Crippen LogP contribution in [0, 0.1) is 5.41 Å². The van der Waals surface area contributed by atoms with E-state index in [2.05, 4.69) is 15.6 Å². The quantitative estimate of drug-likeness (QED) is 0.506. The Kier molecular flexibility index (Phi) is 7.28. The Morgan fingerprint density at radius 2 is 2.00 bits per heavy atom. The molecule has 1 unspecified atom stereocenters. The molecule has 0 spiro atoms. The van der Waals surface area contributed by atoms with Crippen LogP contribution in [0.5, 0.6) is 0 Å². The topological polar surface area (TPSA) is 65.9 Å². The molecule has 0 amide bonds. The Balaban J connectivity index is 1.78. The molecule has 3 N–H and O–H groups in total. The molecule has 0 aliphatic carbocycles. The van der Waals surface area contributed by atoms with Gasteiger partial charge in [-0.2, -0.15) is 13.2 Å². The molecule has 1 aliphatic heterocycles. The van der Waals surface area contributed by atoms with E-state index in [4.69, 9.17) is 4.74 Å². The van der Waals surface area contributed by atoms with Crippen molar-refractivity contribution in [3.05, 3.63) is 35.4 Å². The fraction of sp³-hybridized carbons (Fsp3) is 0.611. The maximum absolute atomic E-state index is 12.6. The third-order valence-corrected chi connectivity index (χ3v) is 4.67. The van der Waals surface area contributed by atoms with Crippen molar-refractivity contribution in [3.63, 3.8) is 0 Å². The van der Waals surface area contributed by atoms with E-state index in [1.807, 2.05) is 0 Å². The van der Waals surface area contributed by atoms with Gasteiger partial charge >= 0.3 is 6.18 Å². The number of nitrogens with one attached hydrogen (secondary N) is 2. The lowest BCUT2D eigenvalue weighted by Gasteiger charge is -2.27. The average molecular weight is 373 g/mol. The summed E-state index contributed by atoms with van der Waals surface area (Å²) in [4.78, 5) is 4.16. The van der Waals surface area contributed by atoms with E-state index in [0.717, 1.165) is 24.1 Å². The molecule has 0 saturated carbocycles. The lowest BCUT2D eigenvalue weighted by atomic mass is 9.84. The van der Waals surface area contributed by atoms with Gasteiger partial charge in [0.05, 0.1) is 12.2 Å². The van der Waals surface area contributed by atoms with Gasteiger partial charge in [-0.3, -0.25) is 4.99 Å². The van der Waals surface area contributed by atoms with Gasteiger partial charge in [0.25, 0.3) is 0 Å². The molecule has 1 aliphatic rings. The molecule has 26 heavy (non-hydrogen) atoms. The standard InChI is InChI=1S/C18H26F3N3O2/c1-22-16(24-12-17(7-10-25)8-11-26-13-17)23-9-6-14-2-4-15(5-3-14)18(19,20)21/h2-5,25H,6-13H2,1H3,(H2,22,23,24). The molecule has 2 rings (SSSR count). The number of hydrogen-bond donors (Lipinski definition) is 3. The minimum Gasteiger partial charge on any atom is -0.396 e. The largest absolute Gasteiger partial charge is 0.416 e. The van der Waals surface area contributed by atoms with E-state index in [-0.39, 0.29) is 12.0 Å². The molecule has 0 aromatic heterocycles. The van der Waals surface area contributed by atoms with Crippen LogP contribution in [0.3, 0.4) is 0 Å². The van der Waals surface area contributed by atoms with Crippen molar-refractivity contribution in [2.24, 2.45) is 10.4 Å². The van der Waals surface area contributed by atoms with Crippen LogP contribution in [0.1, 0.15) is 24.0 Å². The van der Waals surface area contributed by atoms with Crippen molar-refractivity contribution in [1.29, 1.82) is 0 Å². The van der Waals surface area contributed by atoms with Crippen molar-refractivity contribution >= 4 is 5.96 Å². The van der Waals surface area contributed by atoms with Gasteiger partial charge in [-0.05, 0) is 37.0 Å². The van der Waals surface area contributed by atoms with Gasteiger partial charge in [0, 0.05) is 38.8 Å². The van der Waals surface area contributed by atoms with Gasteiger partial charge in [0.15, 0.2) is 5.96 Å². The first-order valence-electron chi connectivity index (χ1n) is 8.68. The van der Waals surface area contributed by atoms with Crippen molar-refractivity contribution in [2.75, 3.05) is 40.0 Å². The van der Waals surface area contributed by atoms with Crippen LogP contribution in [-0.2, 0) is 17.3 Å². The lowest BCUT2D eigenvalue weighted by molar-refractivity contribution is -0.137. The summed E-state index contributed by atoms with van der Waals surface area (Å²) in [5.41, 5.74) is 0.0985. The highest BCUT2D eigenvalue weighted by atomic mass is 19.4. The first kappa shape index (κ1) is 20.5. The van der Waals surface area contributed by atoms with E-state index < -0.39 is 11.7 Å². The number of guanidine groups is 1. The fourth-order valence-corrected chi connectivity index (χ4v) is 2.99. The van der Waals surface area contributed by atoms with Gasteiger partial charge in [0.2, 0.25) is 0 Å². The molecule has 1 saturated heterocycles. The van der Waals surface area contributed by atoms with E-state index in [1.165, 1.54) is 12.1 Å². The smallest absolute Gasteiger partial charge is 0.396 e. The highest BCUT2D eigenvalue weighted by molar-refractivity contribution is 5.79. The Hall–Kier alpha value is -1.80. The number of benzene rings is 1. The molecular weight excluding hydrogens is 347 g/mol. The number of alkyl halides is 3. The van der Waals surface area contributed by atoms with Crippen LogP contribution in [0.25, 0.3) is 0 Å². The number of aliphatic imine (C=N–C) groups is 1. The van der Waals surface area contributed by atoms with Crippen LogP contribution >= 0.6 is 0 Å². The number of nitrogens with zero attached hydrogens (tertiary/aromatic N) is 1. The fourth-order valence-electron chi connectivity index (χ4n) is 2.99. The first-order chi connectivity index (χ1) is 12.4. The van der Waals surface area contributed by atoms with Crippen molar-refractivity contribution in [1.82, 2.24) is 10.6 Å². The van der Waals surface area contributed by atoms with E-state index in [0.29, 0.717) is 45.1 Å². The number of hydrogen-bond acceptors (Lipinski definition) is 3. The highest BCUT2D eigenvalue weighted by Crippen LogP contribution is 2.31. The van der Waals surface area contributed by atoms with Gasteiger partial charge in [-0.25, -0.2) is 0 Å². The molecule has 1 atom stereocenters. The molecule has 8 heteroatoms. The molecule has 146 valence electrons. The summed E-state index contributed by atoms with van der Waals surface area (Å²) in [7, 11) is 1.66. The first-order valence-corrected chi connectivity index (χ1v) is 8.68. The third kappa shape index (κ3) is 5.88. The second-order valence-corrected chi connectivity index (χ2v) is 6.57. The summed E-state index contributed by atoms with van der Waals surface area (Å²) in [6, 6.07) is 5.18. The zero-order valence-corrected chi connectivity index (χ0v) is 14.9. The highest BCUT2D eigenvalue weighted by Gasteiger charge is 2.34. The summed E-state index contributed by atoms with van der Waals surface area (Å²) in [6.45, 7) is 2.62. The van der Waals surface area contributed by atoms with Crippen molar-refractivity contribution in [2.45, 2.75) is 25.4 Å². The van der Waals surface area contributed by atoms with Crippen molar-refractivity contribution < 1.29 is 23.0 Å². The lowest BCUT2D eigenvalue weighted by Crippen LogP contribution is -2.45. The van der Waals surface area contributed by atoms with Crippen molar-refractivity contribution in [3.8, 4) is 0 Å². The summed E-state index contributed by atoms with van der Waals surface area (Å²) in [6.07, 6.45) is -2.16. The van der Waals surface area contributed by atoms with E-state index in [9.17, 15) is 18.3 Å². The summed E-state index contributed by atoms with van der Waals surface area (Å²) >= 11 is 0. The summed E-state index contributed by atoms with van der Waals surface area (Å²) in [5, 5.41) is 15.7. The monoisotopic (exact) mass is 373 g/mol. The van der Waals surface area contributed by atoms with E-state index >= 15 is 0 Å². The summed E-state index contributed by atoms with van der Waals surface area (Å²) in [5.74, 6) is 0.626. The predicted octanol–water partition coefficient (Wildman–Crippen LogP) is 2.20. The molecule has 0 radical (unpaired) electrons. The van der Waals surface area contributed by atoms with E-state index in [1.54, 1.807) is 7.05 Å². The number of halogens is 3. The van der Waals surface area contributed by atoms with Gasteiger partial charge < -0.3 is 20.5 Å². The SMILES string of the molecule is CN=C(NCCc1ccc(C(F)(F)F)cc1)NCC1(CCO)CCOC1. The van der Waals surface area contributed by atoms with Crippen LogP contribution < -0.4 is 10.6 Å². The number of ether oxygens (including phenoxy) is 1. The zero-order chi connectivity index (χ0) is 19.0. The minimum absolute atomic E-state index is 0.0835. The minimum atomic E-state index is -4.31. The molecule has 5 nitrogen and oxygen atoms in total. The maximum Gasteiger partial charge on any atom is 0.416 e. The second-order valence-electron chi connectivity index (χ2n) is 6.57. The second kappa shape index (κ2) is 9.23. The predicted molar refractivity (Wildman–Crippen MR) is 94.1 cm³/mol. The maximum atomic E-state index is 12.6. The Morgan fingerprint density at radius 3 is 2.54 bits per heavy atom. The zero-order valence-electron chi connectivity index (χ0n) is 14.9. The molecule has 0 bridgehead atoms. The average Bonchev–Trinajstić information content (AvgIpc) is 3.07. The molecule has 1 aromatic carbocycles. The third-order valence-electron chi connectivity index (χ3n) is 4.67. The number of aliphatic hydroxyl groups excluding tert-OH is 1. The molecule has 1 fully saturated rings. The van der Waals surface area contributed by atoms with Crippen LogP contribution in [0.15, 0.2) is 29.3 Å². The summed E-state index contributed by atoms with van der Waals surface area (Å²) < 4.78 is 43.1. The van der Waals surface area contributed by atoms with Gasteiger partial charge in [0.1, 0.15) is 0 Å². The molecule has 1 heterocycles. The van der Waals surface area contributed by atoms with Crippen LogP contribution in [-0.4, -0.2) is 51.0 Å². The van der Waals surface area contributed by atoms with Gasteiger partial charge in [-0.15, -0.1) is 0 Å². The Labute approximate surface area is 151 Å².